The molecular formula is C18H25F3N2O3. The van der Waals surface area contributed by atoms with Gasteiger partial charge in [0.15, 0.2) is 0 Å². The van der Waals surface area contributed by atoms with Crippen molar-refractivity contribution in [2.45, 2.75) is 44.0 Å². The highest BCUT2D eigenvalue weighted by Gasteiger charge is 2.34. The summed E-state index contributed by atoms with van der Waals surface area (Å²) in [6.45, 7) is -0.354. The Kier molecular flexibility index (Phi) is 6.88. The van der Waals surface area contributed by atoms with Gasteiger partial charge in [-0.3, -0.25) is 4.79 Å². The standard InChI is InChI=1S/C18H25F3N2O3/c1-23(17(25)12-5-4-6-13(22)9-12)10-14(24)11-26-16-8-3-2-7-15(16)18(19,20)21/h2-3,7-8,12-14,24H,4-6,9-11,22H2,1H3/t12-,13+,14-/m0/s1. The van der Waals surface area contributed by atoms with E-state index in [2.05, 4.69) is 0 Å². The molecule has 3 atom stereocenters. The van der Waals surface area contributed by atoms with Gasteiger partial charge in [-0.1, -0.05) is 18.6 Å². The van der Waals surface area contributed by atoms with Crippen LogP contribution in [-0.4, -0.2) is 48.3 Å². The number of likely N-dealkylation sites (N-methyl/N-ethyl adjacent to an activating group) is 1. The summed E-state index contributed by atoms with van der Waals surface area (Å²) in [5, 5.41) is 10.0. The summed E-state index contributed by atoms with van der Waals surface area (Å²) in [5.41, 5.74) is 5.00. The maximum absolute atomic E-state index is 12.9. The molecule has 26 heavy (non-hydrogen) atoms. The molecule has 1 saturated carbocycles. The number of carbonyl (C=O) groups excluding carboxylic acids is 1. The van der Waals surface area contributed by atoms with Crippen LogP contribution in [-0.2, 0) is 11.0 Å². The maximum atomic E-state index is 12.9. The number of alkyl halides is 3. The Hall–Kier alpha value is -1.80. The minimum atomic E-state index is -4.53. The van der Waals surface area contributed by atoms with Gasteiger partial charge >= 0.3 is 6.18 Å². The number of aliphatic hydroxyl groups is 1. The summed E-state index contributed by atoms with van der Waals surface area (Å²) < 4.78 is 43.9. The molecule has 0 heterocycles. The van der Waals surface area contributed by atoms with Crippen LogP contribution in [0.1, 0.15) is 31.2 Å². The normalized spacial score (nSPS) is 21.9. The summed E-state index contributed by atoms with van der Waals surface area (Å²) in [4.78, 5) is 13.8. The molecular weight excluding hydrogens is 349 g/mol. The summed E-state index contributed by atoms with van der Waals surface area (Å²) in [6.07, 6.45) is -2.44. The van der Waals surface area contributed by atoms with Gasteiger partial charge in [0.25, 0.3) is 0 Å². The number of hydrogen-bond donors (Lipinski definition) is 2. The number of halogens is 3. The van der Waals surface area contributed by atoms with Crippen molar-refractivity contribution in [3.05, 3.63) is 29.8 Å². The molecule has 1 fully saturated rings. The average molecular weight is 374 g/mol. The van der Waals surface area contributed by atoms with E-state index in [1.807, 2.05) is 0 Å². The Morgan fingerprint density at radius 1 is 1.38 bits per heavy atom. The minimum absolute atomic E-state index is 0.0122. The van der Waals surface area contributed by atoms with Crippen molar-refractivity contribution in [3.8, 4) is 5.75 Å². The summed E-state index contributed by atoms with van der Waals surface area (Å²) in [7, 11) is 1.56. The van der Waals surface area contributed by atoms with Gasteiger partial charge in [0.05, 0.1) is 5.56 Å². The third-order valence-electron chi connectivity index (χ3n) is 4.55. The van der Waals surface area contributed by atoms with Crippen molar-refractivity contribution in [1.82, 2.24) is 4.90 Å². The summed E-state index contributed by atoms with van der Waals surface area (Å²) >= 11 is 0. The lowest BCUT2D eigenvalue weighted by molar-refractivity contribution is -0.139. The number of ether oxygens (including phenoxy) is 1. The number of nitrogens with zero attached hydrogens (tertiary/aromatic N) is 1. The molecule has 1 aliphatic carbocycles. The van der Waals surface area contributed by atoms with E-state index in [0.717, 1.165) is 25.3 Å². The quantitative estimate of drug-likeness (QED) is 0.802. The number of nitrogens with two attached hydrogens (primary N) is 1. The first-order chi connectivity index (χ1) is 12.2. The van der Waals surface area contributed by atoms with Gasteiger partial charge in [-0.2, -0.15) is 13.2 Å². The fourth-order valence-corrected chi connectivity index (χ4v) is 3.24. The van der Waals surface area contributed by atoms with Crippen LogP contribution < -0.4 is 10.5 Å². The predicted molar refractivity (Wildman–Crippen MR) is 90.5 cm³/mol. The first-order valence-corrected chi connectivity index (χ1v) is 8.66. The van der Waals surface area contributed by atoms with Gasteiger partial charge in [0, 0.05) is 25.6 Å². The topological polar surface area (TPSA) is 75.8 Å². The smallest absolute Gasteiger partial charge is 0.419 e. The van der Waals surface area contributed by atoms with E-state index in [0.29, 0.717) is 6.42 Å². The number of rotatable bonds is 6. The Bertz CT molecular complexity index is 610. The fraction of sp³-hybridized carbons (Fsp3) is 0.611. The van der Waals surface area contributed by atoms with Crippen LogP contribution >= 0.6 is 0 Å². The average Bonchev–Trinajstić information content (AvgIpc) is 2.58. The van der Waals surface area contributed by atoms with Crippen molar-refractivity contribution in [1.29, 1.82) is 0 Å². The third kappa shape index (κ3) is 5.60. The predicted octanol–water partition coefficient (Wildman–Crippen LogP) is 2.42. The number of carbonyl (C=O) groups is 1. The summed E-state index contributed by atoms with van der Waals surface area (Å²) in [6, 6.07) is 4.84. The molecule has 2 rings (SSSR count). The van der Waals surface area contributed by atoms with Crippen molar-refractivity contribution in [3.63, 3.8) is 0 Å². The van der Waals surface area contributed by atoms with Crippen molar-refractivity contribution in [2.24, 2.45) is 11.7 Å². The monoisotopic (exact) mass is 374 g/mol. The van der Waals surface area contributed by atoms with Gasteiger partial charge in [0.1, 0.15) is 18.5 Å². The van der Waals surface area contributed by atoms with E-state index in [-0.39, 0.29) is 36.8 Å². The van der Waals surface area contributed by atoms with Crippen LogP contribution in [0.25, 0.3) is 0 Å². The maximum Gasteiger partial charge on any atom is 0.419 e. The van der Waals surface area contributed by atoms with E-state index < -0.39 is 17.8 Å². The van der Waals surface area contributed by atoms with Crippen LogP contribution in [0.3, 0.4) is 0 Å². The molecule has 5 nitrogen and oxygen atoms in total. The highest BCUT2D eigenvalue weighted by Crippen LogP contribution is 2.35. The Balaban J connectivity index is 1.87. The number of hydrogen-bond acceptors (Lipinski definition) is 4. The highest BCUT2D eigenvalue weighted by atomic mass is 19.4. The zero-order valence-electron chi connectivity index (χ0n) is 14.7. The van der Waals surface area contributed by atoms with Crippen molar-refractivity contribution in [2.75, 3.05) is 20.2 Å². The van der Waals surface area contributed by atoms with Crippen LogP contribution in [0, 0.1) is 5.92 Å². The largest absolute Gasteiger partial charge is 0.490 e. The van der Waals surface area contributed by atoms with Gasteiger partial charge in [0.2, 0.25) is 5.91 Å². The Morgan fingerprint density at radius 2 is 2.08 bits per heavy atom. The molecule has 1 aromatic carbocycles. The molecule has 1 aliphatic rings. The van der Waals surface area contributed by atoms with Gasteiger partial charge < -0.3 is 20.5 Å². The van der Waals surface area contributed by atoms with Crippen LogP contribution in [0.2, 0.25) is 0 Å². The zero-order chi connectivity index (χ0) is 19.3. The second-order valence-electron chi connectivity index (χ2n) is 6.80. The lowest BCUT2D eigenvalue weighted by Crippen LogP contribution is -2.42. The van der Waals surface area contributed by atoms with Crippen molar-refractivity contribution >= 4 is 5.91 Å². The molecule has 0 bridgehead atoms. The van der Waals surface area contributed by atoms with Crippen molar-refractivity contribution < 1.29 is 27.8 Å². The lowest BCUT2D eigenvalue weighted by Gasteiger charge is -2.30. The number of aliphatic hydroxyl groups excluding tert-OH is 1. The number of amides is 1. The van der Waals surface area contributed by atoms with Crippen LogP contribution in [0.15, 0.2) is 24.3 Å². The van der Waals surface area contributed by atoms with Crippen LogP contribution in [0.4, 0.5) is 13.2 Å². The molecule has 3 N–H and O–H groups in total. The van der Waals surface area contributed by atoms with E-state index in [1.54, 1.807) is 7.05 Å². The number of benzene rings is 1. The molecule has 8 heteroatoms. The third-order valence-corrected chi connectivity index (χ3v) is 4.55. The second-order valence-corrected chi connectivity index (χ2v) is 6.80. The SMILES string of the molecule is CN(C[C@H](O)COc1ccccc1C(F)(F)F)C(=O)[C@H]1CCC[C@@H](N)C1. The van der Waals surface area contributed by atoms with Gasteiger partial charge in [-0.15, -0.1) is 0 Å². The minimum Gasteiger partial charge on any atom is -0.490 e. The zero-order valence-corrected chi connectivity index (χ0v) is 14.7. The van der Waals surface area contributed by atoms with E-state index in [4.69, 9.17) is 10.5 Å². The first-order valence-electron chi connectivity index (χ1n) is 8.66. The molecule has 1 aromatic rings. The summed E-state index contributed by atoms with van der Waals surface area (Å²) in [5.74, 6) is -0.607. The van der Waals surface area contributed by atoms with E-state index in [1.165, 1.54) is 23.1 Å². The lowest BCUT2D eigenvalue weighted by atomic mass is 9.85. The number of para-hydroxylation sites is 1. The first kappa shape index (κ1) is 20.5. The highest BCUT2D eigenvalue weighted by molar-refractivity contribution is 5.78. The van der Waals surface area contributed by atoms with E-state index in [9.17, 15) is 23.1 Å². The fourth-order valence-electron chi connectivity index (χ4n) is 3.24. The second kappa shape index (κ2) is 8.73. The molecule has 0 spiro atoms. The molecule has 0 aliphatic heterocycles. The van der Waals surface area contributed by atoms with Gasteiger partial charge in [-0.25, -0.2) is 0 Å². The molecule has 146 valence electrons. The molecule has 1 amide bonds. The van der Waals surface area contributed by atoms with E-state index >= 15 is 0 Å². The molecule has 0 radical (unpaired) electrons. The van der Waals surface area contributed by atoms with Crippen LogP contribution in [0.5, 0.6) is 5.75 Å². The molecule has 0 aromatic heterocycles. The molecule has 0 saturated heterocycles. The van der Waals surface area contributed by atoms with Gasteiger partial charge in [-0.05, 0) is 31.4 Å². The Labute approximate surface area is 150 Å². The molecule has 0 unspecified atom stereocenters. The Morgan fingerprint density at radius 3 is 2.73 bits per heavy atom.